The Bertz CT molecular complexity index is 329. The lowest BCUT2D eigenvalue weighted by Gasteiger charge is -2.13. The van der Waals surface area contributed by atoms with Crippen LogP contribution in [0.2, 0.25) is 0 Å². The van der Waals surface area contributed by atoms with E-state index in [9.17, 15) is 4.79 Å². The molecule has 3 N–H and O–H groups in total. The smallest absolute Gasteiger partial charge is 0.226 e. The minimum Gasteiger partial charge on any atom is -0.321 e. The second kappa shape index (κ2) is 10.9. The number of nitrogens with one attached hydrogen (secondary N) is 3. The molecule has 0 fully saturated rings. The number of thioether (sulfide) groups is 1. The molecular formula is C15H29N3OS. The van der Waals surface area contributed by atoms with Crippen molar-refractivity contribution in [2.24, 2.45) is 0 Å². The van der Waals surface area contributed by atoms with Gasteiger partial charge in [0.25, 0.3) is 0 Å². The molecule has 0 rings (SSSR count). The van der Waals surface area contributed by atoms with Crippen LogP contribution in [0, 0.1) is 0 Å². The molecule has 0 aliphatic rings. The Morgan fingerprint density at radius 3 is 2.40 bits per heavy atom. The maximum Gasteiger partial charge on any atom is 0.226 e. The van der Waals surface area contributed by atoms with E-state index >= 15 is 0 Å². The molecule has 0 aliphatic carbocycles. The van der Waals surface area contributed by atoms with Crippen molar-refractivity contribution in [3.8, 4) is 0 Å². The van der Waals surface area contributed by atoms with Crippen LogP contribution in [0.5, 0.6) is 0 Å². The third kappa shape index (κ3) is 11.1. The Morgan fingerprint density at radius 2 is 1.85 bits per heavy atom. The maximum absolute atomic E-state index is 11.7. The summed E-state index contributed by atoms with van der Waals surface area (Å²) >= 11 is 1.41. The summed E-state index contributed by atoms with van der Waals surface area (Å²) in [6.07, 6.45) is 1.52. The van der Waals surface area contributed by atoms with Gasteiger partial charge in [0.1, 0.15) is 0 Å². The molecule has 1 amide bonds. The lowest BCUT2D eigenvalue weighted by Crippen LogP contribution is -2.31. The van der Waals surface area contributed by atoms with E-state index in [4.69, 9.17) is 0 Å². The predicted molar refractivity (Wildman–Crippen MR) is 89.5 cm³/mol. The van der Waals surface area contributed by atoms with Gasteiger partial charge >= 0.3 is 0 Å². The number of hydrogen-bond donors (Lipinski definition) is 3. The minimum atomic E-state index is -0.0112. The van der Waals surface area contributed by atoms with Gasteiger partial charge in [0.15, 0.2) is 0 Å². The Balaban J connectivity index is 3.79. The highest BCUT2D eigenvalue weighted by atomic mass is 32.2. The number of hydrogen-bond acceptors (Lipinski definition) is 4. The first-order valence-corrected chi connectivity index (χ1v) is 7.97. The molecule has 0 heterocycles. The second-order valence-electron chi connectivity index (χ2n) is 5.16. The van der Waals surface area contributed by atoms with Gasteiger partial charge in [-0.1, -0.05) is 45.7 Å². The fourth-order valence-electron chi connectivity index (χ4n) is 1.35. The molecule has 0 saturated heterocycles. The van der Waals surface area contributed by atoms with E-state index in [1.54, 1.807) is 0 Å². The van der Waals surface area contributed by atoms with Crippen molar-refractivity contribution in [2.75, 3.05) is 13.1 Å². The standard InChI is InChI=1S/C15H29N3OS/c1-7-12(4)16-9-8-15(19)18-14(6)20-13(5)10-17-11(2)3/h11-12,16-17H,5-10H2,1-4H3,(H,18,19). The zero-order chi connectivity index (χ0) is 15.5. The van der Waals surface area contributed by atoms with Crippen LogP contribution >= 0.6 is 11.8 Å². The zero-order valence-corrected chi connectivity index (χ0v) is 14.0. The van der Waals surface area contributed by atoms with Gasteiger partial charge in [-0.2, -0.15) is 0 Å². The van der Waals surface area contributed by atoms with Crippen molar-refractivity contribution in [1.82, 2.24) is 16.0 Å². The molecule has 1 atom stereocenters. The fraction of sp³-hybridized carbons (Fsp3) is 0.667. The Labute approximate surface area is 127 Å². The van der Waals surface area contributed by atoms with Gasteiger partial charge in [0.2, 0.25) is 5.91 Å². The largest absolute Gasteiger partial charge is 0.321 e. The summed E-state index contributed by atoms with van der Waals surface area (Å²) in [5.74, 6) is -0.0112. The van der Waals surface area contributed by atoms with Crippen LogP contribution < -0.4 is 16.0 Å². The average molecular weight is 299 g/mol. The van der Waals surface area contributed by atoms with E-state index in [-0.39, 0.29) is 5.91 Å². The van der Waals surface area contributed by atoms with E-state index in [2.05, 4.69) is 56.8 Å². The molecule has 0 bridgehead atoms. The fourth-order valence-corrected chi connectivity index (χ4v) is 2.02. The first kappa shape index (κ1) is 19.2. The topological polar surface area (TPSA) is 53.2 Å². The van der Waals surface area contributed by atoms with Crippen LogP contribution in [-0.2, 0) is 4.79 Å². The molecular weight excluding hydrogens is 270 g/mol. The molecule has 1 unspecified atom stereocenters. The molecule has 0 aromatic carbocycles. The lowest BCUT2D eigenvalue weighted by molar-refractivity contribution is -0.120. The Hall–Kier alpha value is -0.780. The van der Waals surface area contributed by atoms with Gasteiger partial charge in [-0.05, 0) is 18.2 Å². The molecule has 0 aromatic heterocycles. The molecule has 0 saturated carbocycles. The number of carbonyl (C=O) groups is 1. The third-order valence-corrected chi connectivity index (χ3v) is 3.49. The summed E-state index contributed by atoms with van der Waals surface area (Å²) in [6.45, 7) is 17.6. The van der Waals surface area contributed by atoms with Crippen molar-refractivity contribution in [2.45, 2.75) is 52.6 Å². The minimum absolute atomic E-state index is 0.0112. The molecule has 116 valence electrons. The Morgan fingerprint density at radius 1 is 1.20 bits per heavy atom. The summed E-state index contributed by atoms with van der Waals surface area (Å²) in [5.41, 5.74) is 0. The van der Waals surface area contributed by atoms with E-state index < -0.39 is 0 Å². The monoisotopic (exact) mass is 299 g/mol. The number of carbonyl (C=O) groups excluding carboxylic acids is 1. The highest BCUT2D eigenvalue weighted by Crippen LogP contribution is 2.19. The quantitative estimate of drug-likeness (QED) is 0.549. The van der Waals surface area contributed by atoms with Gasteiger partial charge in [0, 0.05) is 31.6 Å². The maximum atomic E-state index is 11.7. The molecule has 0 spiro atoms. The Kier molecular flexibility index (Phi) is 10.5. The summed E-state index contributed by atoms with van der Waals surface area (Å²) < 4.78 is 0. The zero-order valence-electron chi connectivity index (χ0n) is 13.2. The molecule has 0 aliphatic heterocycles. The molecule has 5 heteroatoms. The van der Waals surface area contributed by atoms with Crippen LogP contribution in [0.3, 0.4) is 0 Å². The number of rotatable bonds is 11. The third-order valence-electron chi connectivity index (χ3n) is 2.71. The summed E-state index contributed by atoms with van der Waals surface area (Å²) in [5, 5.41) is 9.98. The van der Waals surface area contributed by atoms with Gasteiger partial charge in [0.05, 0.1) is 5.03 Å². The summed E-state index contributed by atoms with van der Waals surface area (Å²) in [6, 6.07) is 0.865. The first-order chi connectivity index (χ1) is 9.35. The van der Waals surface area contributed by atoms with Gasteiger partial charge in [-0.25, -0.2) is 0 Å². The van der Waals surface area contributed by atoms with Crippen molar-refractivity contribution >= 4 is 17.7 Å². The normalized spacial score (nSPS) is 12.2. The van der Waals surface area contributed by atoms with Gasteiger partial charge in [-0.3, -0.25) is 4.79 Å². The van der Waals surface area contributed by atoms with Crippen LogP contribution in [0.4, 0.5) is 0 Å². The molecule has 4 nitrogen and oxygen atoms in total. The summed E-state index contributed by atoms with van der Waals surface area (Å²) in [4.78, 5) is 12.6. The van der Waals surface area contributed by atoms with Gasteiger partial charge < -0.3 is 16.0 Å². The lowest BCUT2D eigenvalue weighted by atomic mass is 10.2. The van der Waals surface area contributed by atoms with E-state index in [1.807, 2.05) is 0 Å². The molecule has 0 aromatic rings. The highest BCUT2D eigenvalue weighted by Gasteiger charge is 2.06. The van der Waals surface area contributed by atoms with Crippen LogP contribution in [0.15, 0.2) is 23.1 Å². The SMILES string of the molecule is C=C(CNC(C)C)SC(=C)NC(=O)CCNC(C)CC. The van der Waals surface area contributed by atoms with Crippen LogP contribution in [0.1, 0.15) is 40.5 Å². The van der Waals surface area contributed by atoms with E-state index in [0.29, 0.717) is 36.6 Å². The highest BCUT2D eigenvalue weighted by molar-refractivity contribution is 8.06. The predicted octanol–water partition coefficient (Wildman–Crippen LogP) is 2.60. The molecule has 20 heavy (non-hydrogen) atoms. The van der Waals surface area contributed by atoms with Crippen molar-refractivity contribution in [1.29, 1.82) is 0 Å². The van der Waals surface area contributed by atoms with Crippen molar-refractivity contribution in [3.63, 3.8) is 0 Å². The van der Waals surface area contributed by atoms with E-state index in [0.717, 1.165) is 11.3 Å². The second-order valence-corrected chi connectivity index (χ2v) is 6.44. The van der Waals surface area contributed by atoms with Gasteiger partial charge in [-0.15, -0.1) is 0 Å². The average Bonchev–Trinajstić information content (AvgIpc) is 2.35. The van der Waals surface area contributed by atoms with E-state index in [1.165, 1.54) is 11.8 Å². The number of amides is 1. The van der Waals surface area contributed by atoms with Crippen molar-refractivity contribution < 1.29 is 4.79 Å². The first-order valence-electron chi connectivity index (χ1n) is 7.16. The van der Waals surface area contributed by atoms with Crippen LogP contribution in [0.25, 0.3) is 0 Å². The summed E-state index contributed by atoms with van der Waals surface area (Å²) in [7, 11) is 0. The molecule has 0 radical (unpaired) electrons. The van der Waals surface area contributed by atoms with Crippen LogP contribution in [-0.4, -0.2) is 31.1 Å². The van der Waals surface area contributed by atoms with Crippen molar-refractivity contribution in [3.05, 3.63) is 23.1 Å².